The van der Waals surface area contributed by atoms with Gasteiger partial charge in [0.15, 0.2) is 0 Å². The van der Waals surface area contributed by atoms with Gasteiger partial charge in [-0.25, -0.2) is 8.42 Å². The monoisotopic (exact) mass is 425 g/mol. The number of carbonyl (C=O) groups is 1. The van der Waals surface area contributed by atoms with Crippen LogP contribution in [0.1, 0.15) is 18.9 Å². The van der Waals surface area contributed by atoms with Crippen molar-refractivity contribution >= 4 is 38.9 Å². The van der Waals surface area contributed by atoms with Crippen LogP contribution in [0.25, 0.3) is 0 Å². The minimum absolute atomic E-state index is 0.0523. The molecule has 0 heterocycles. The van der Waals surface area contributed by atoms with E-state index in [0.29, 0.717) is 10.6 Å². The highest BCUT2D eigenvalue weighted by molar-refractivity contribution is 7.92. The molecule has 1 atom stereocenters. The van der Waals surface area contributed by atoms with E-state index in [2.05, 4.69) is 5.32 Å². The molecule has 2 aromatic carbocycles. The number of non-ortho nitro benzene ring substituents is 1. The molecule has 1 unspecified atom stereocenters. The van der Waals surface area contributed by atoms with Gasteiger partial charge in [0, 0.05) is 23.7 Å². The maximum absolute atomic E-state index is 12.7. The Morgan fingerprint density at radius 3 is 2.50 bits per heavy atom. The number of nitrogens with zero attached hydrogens (tertiary/aromatic N) is 2. The number of hydrogen-bond acceptors (Lipinski definition) is 5. The quantitative estimate of drug-likeness (QED) is 0.516. The van der Waals surface area contributed by atoms with Crippen LogP contribution in [-0.2, 0) is 21.4 Å². The Balaban J connectivity index is 2.33. The largest absolute Gasteiger partial charge is 0.350 e. The predicted molar refractivity (Wildman–Crippen MR) is 108 cm³/mol. The van der Waals surface area contributed by atoms with E-state index in [0.717, 1.165) is 16.6 Å². The first-order chi connectivity index (χ1) is 13.1. The molecule has 0 fully saturated rings. The van der Waals surface area contributed by atoms with Crippen LogP contribution < -0.4 is 9.62 Å². The lowest BCUT2D eigenvalue weighted by molar-refractivity contribution is -0.384. The van der Waals surface area contributed by atoms with Gasteiger partial charge in [-0.3, -0.25) is 19.2 Å². The van der Waals surface area contributed by atoms with Crippen molar-refractivity contribution < 1.29 is 18.1 Å². The summed E-state index contributed by atoms with van der Waals surface area (Å²) in [4.78, 5) is 23.2. The van der Waals surface area contributed by atoms with Crippen LogP contribution in [0.2, 0.25) is 5.02 Å². The summed E-state index contributed by atoms with van der Waals surface area (Å²) in [5, 5.41) is 14.2. The fraction of sp³-hybridized carbons (Fsp3) is 0.278. The summed E-state index contributed by atoms with van der Waals surface area (Å²) < 4.78 is 25.7. The average molecular weight is 426 g/mol. The van der Waals surface area contributed by atoms with Crippen molar-refractivity contribution in [3.05, 3.63) is 69.2 Å². The van der Waals surface area contributed by atoms with Crippen molar-refractivity contribution in [2.24, 2.45) is 0 Å². The zero-order valence-corrected chi connectivity index (χ0v) is 16.9. The molecule has 8 nitrogen and oxygen atoms in total. The number of halogens is 1. The summed E-state index contributed by atoms with van der Waals surface area (Å²) >= 11 is 6.08. The molecule has 28 heavy (non-hydrogen) atoms. The molecule has 0 aliphatic heterocycles. The molecule has 0 radical (unpaired) electrons. The second-order valence-electron chi connectivity index (χ2n) is 6.07. The Hall–Kier alpha value is -2.65. The lowest BCUT2D eigenvalue weighted by Gasteiger charge is -2.30. The number of amides is 1. The molecular formula is C18H20ClN3O5S. The molecule has 2 rings (SSSR count). The number of carbonyl (C=O) groups excluding carboxylic acids is 1. The maximum atomic E-state index is 12.7. The molecule has 150 valence electrons. The van der Waals surface area contributed by atoms with Crippen molar-refractivity contribution in [2.45, 2.75) is 25.9 Å². The lowest BCUT2D eigenvalue weighted by Crippen LogP contribution is -2.49. The summed E-state index contributed by atoms with van der Waals surface area (Å²) in [5.41, 5.74) is 0.475. The van der Waals surface area contributed by atoms with Gasteiger partial charge < -0.3 is 5.32 Å². The number of anilines is 1. The zero-order chi connectivity index (χ0) is 20.9. The SMILES string of the molecule is CCC(C(=O)NCc1ccccc1Cl)N(c1cccc([N+](=O)[O-])c1)S(C)(=O)=O. The highest BCUT2D eigenvalue weighted by Gasteiger charge is 2.32. The minimum Gasteiger partial charge on any atom is -0.350 e. The van der Waals surface area contributed by atoms with E-state index in [1.807, 2.05) is 0 Å². The van der Waals surface area contributed by atoms with Crippen LogP contribution in [-0.4, -0.2) is 31.5 Å². The molecule has 1 N–H and O–H groups in total. The van der Waals surface area contributed by atoms with Crippen molar-refractivity contribution in [3.8, 4) is 0 Å². The number of nitrogens with one attached hydrogen (secondary N) is 1. The molecule has 0 aliphatic rings. The summed E-state index contributed by atoms with van der Waals surface area (Å²) in [6.45, 7) is 1.79. The number of rotatable bonds is 8. The summed E-state index contributed by atoms with van der Waals surface area (Å²) in [6.07, 6.45) is 1.12. The van der Waals surface area contributed by atoms with E-state index in [-0.39, 0.29) is 24.3 Å². The number of nitro groups is 1. The highest BCUT2D eigenvalue weighted by atomic mass is 35.5. The molecular weight excluding hydrogens is 406 g/mol. The Morgan fingerprint density at radius 1 is 1.25 bits per heavy atom. The zero-order valence-electron chi connectivity index (χ0n) is 15.3. The van der Waals surface area contributed by atoms with E-state index >= 15 is 0 Å². The third kappa shape index (κ3) is 5.20. The van der Waals surface area contributed by atoms with Gasteiger partial charge >= 0.3 is 0 Å². The lowest BCUT2D eigenvalue weighted by atomic mass is 10.1. The summed E-state index contributed by atoms with van der Waals surface area (Å²) in [5.74, 6) is -0.528. The first kappa shape index (κ1) is 21.6. The third-order valence-corrected chi connectivity index (χ3v) is 5.58. The Labute approximate surface area is 168 Å². The summed E-state index contributed by atoms with van der Waals surface area (Å²) in [7, 11) is -3.88. The van der Waals surface area contributed by atoms with Crippen molar-refractivity contribution in [1.82, 2.24) is 5.32 Å². The van der Waals surface area contributed by atoms with Gasteiger partial charge in [0.2, 0.25) is 15.9 Å². The van der Waals surface area contributed by atoms with Crippen LogP contribution in [0.3, 0.4) is 0 Å². The van der Waals surface area contributed by atoms with Gasteiger partial charge in [-0.2, -0.15) is 0 Å². The number of nitro benzene ring substituents is 1. The molecule has 0 saturated carbocycles. The Morgan fingerprint density at radius 2 is 1.93 bits per heavy atom. The van der Waals surface area contributed by atoms with Crippen molar-refractivity contribution in [1.29, 1.82) is 0 Å². The molecule has 0 aliphatic carbocycles. The molecule has 0 aromatic heterocycles. The highest BCUT2D eigenvalue weighted by Crippen LogP contribution is 2.26. The number of benzene rings is 2. The van der Waals surface area contributed by atoms with Gasteiger partial charge in [0.05, 0.1) is 16.9 Å². The Bertz CT molecular complexity index is 981. The predicted octanol–water partition coefficient (Wildman–Crippen LogP) is 3.11. The van der Waals surface area contributed by atoms with Crippen LogP contribution in [0.5, 0.6) is 0 Å². The molecule has 0 spiro atoms. The third-order valence-electron chi connectivity index (χ3n) is 4.04. The van der Waals surface area contributed by atoms with Gasteiger partial charge in [-0.1, -0.05) is 42.8 Å². The minimum atomic E-state index is -3.88. The van der Waals surface area contributed by atoms with Crippen molar-refractivity contribution in [3.63, 3.8) is 0 Å². The van der Waals surface area contributed by atoms with Gasteiger partial charge in [-0.15, -0.1) is 0 Å². The standard InChI is InChI=1S/C18H20ClN3O5S/c1-3-17(18(23)20-12-13-7-4-5-10-16(13)19)21(28(2,26)27)14-8-6-9-15(11-14)22(24)25/h4-11,17H,3,12H2,1-2H3,(H,20,23). The van der Waals surface area contributed by atoms with E-state index in [4.69, 9.17) is 11.6 Å². The van der Waals surface area contributed by atoms with E-state index in [1.54, 1.807) is 31.2 Å². The van der Waals surface area contributed by atoms with Gasteiger partial charge in [0.25, 0.3) is 5.69 Å². The maximum Gasteiger partial charge on any atom is 0.271 e. The van der Waals surface area contributed by atoms with Crippen LogP contribution in [0, 0.1) is 10.1 Å². The Kier molecular flexibility index (Phi) is 6.98. The second-order valence-corrected chi connectivity index (χ2v) is 8.34. The molecule has 0 bridgehead atoms. The first-order valence-electron chi connectivity index (χ1n) is 8.40. The van der Waals surface area contributed by atoms with Crippen LogP contribution >= 0.6 is 11.6 Å². The van der Waals surface area contributed by atoms with Gasteiger partial charge in [-0.05, 0) is 24.1 Å². The van der Waals surface area contributed by atoms with Crippen LogP contribution in [0.4, 0.5) is 11.4 Å². The van der Waals surface area contributed by atoms with Crippen LogP contribution in [0.15, 0.2) is 48.5 Å². The van der Waals surface area contributed by atoms with E-state index in [1.165, 1.54) is 18.2 Å². The molecule has 1 amide bonds. The van der Waals surface area contributed by atoms with E-state index < -0.39 is 26.9 Å². The summed E-state index contributed by atoms with van der Waals surface area (Å²) in [6, 6.07) is 11.1. The first-order valence-corrected chi connectivity index (χ1v) is 10.6. The normalized spacial score (nSPS) is 12.2. The molecule has 10 heteroatoms. The number of sulfonamides is 1. The topological polar surface area (TPSA) is 110 Å². The molecule has 0 saturated heterocycles. The smallest absolute Gasteiger partial charge is 0.271 e. The van der Waals surface area contributed by atoms with E-state index in [9.17, 15) is 23.3 Å². The van der Waals surface area contributed by atoms with Gasteiger partial charge in [0.1, 0.15) is 6.04 Å². The average Bonchev–Trinajstić information content (AvgIpc) is 2.64. The number of hydrogen-bond donors (Lipinski definition) is 1. The fourth-order valence-electron chi connectivity index (χ4n) is 2.75. The molecule has 2 aromatic rings. The van der Waals surface area contributed by atoms with Crippen molar-refractivity contribution in [2.75, 3.05) is 10.6 Å². The fourth-order valence-corrected chi connectivity index (χ4v) is 4.15. The second kappa shape index (κ2) is 9.03.